The highest BCUT2D eigenvalue weighted by Gasteiger charge is 2.24. The number of halogens is 1. The van der Waals surface area contributed by atoms with Crippen molar-refractivity contribution in [2.75, 3.05) is 4.90 Å². The molecule has 0 radical (unpaired) electrons. The van der Waals surface area contributed by atoms with E-state index < -0.39 is 11.9 Å². The number of ether oxygens (including phenoxy) is 1. The molecule has 0 fully saturated rings. The lowest BCUT2D eigenvalue weighted by atomic mass is 10.1. The van der Waals surface area contributed by atoms with E-state index in [4.69, 9.17) is 4.74 Å². The van der Waals surface area contributed by atoms with E-state index in [0.29, 0.717) is 11.6 Å². The number of nitrogens with one attached hydrogen (secondary N) is 1. The summed E-state index contributed by atoms with van der Waals surface area (Å²) in [7, 11) is 0. The van der Waals surface area contributed by atoms with Crippen LogP contribution in [0.3, 0.4) is 0 Å². The molecule has 6 nitrogen and oxygen atoms in total. The van der Waals surface area contributed by atoms with Crippen molar-refractivity contribution >= 4 is 17.6 Å². The highest BCUT2D eigenvalue weighted by Crippen LogP contribution is 2.27. The Balaban J connectivity index is 1.97. The summed E-state index contributed by atoms with van der Waals surface area (Å²) in [6, 6.07) is 11.6. The summed E-state index contributed by atoms with van der Waals surface area (Å²) in [4.78, 5) is 17.7. The van der Waals surface area contributed by atoms with Crippen molar-refractivity contribution in [2.24, 2.45) is 0 Å². The summed E-state index contributed by atoms with van der Waals surface area (Å²) >= 11 is 0. The second-order valence-corrected chi connectivity index (χ2v) is 5.71. The molecule has 0 bridgehead atoms. The molecule has 25 heavy (non-hydrogen) atoms. The van der Waals surface area contributed by atoms with Crippen molar-refractivity contribution in [3.63, 3.8) is 0 Å². The van der Waals surface area contributed by atoms with E-state index in [-0.39, 0.29) is 11.6 Å². The number of amides is 1. The average molecular weight is 340 g/mol. The molecule has 0 spiro atoms. The standard InChI is InChI=1S/C18H17FN4O2/c1-12(2)16-9-17(22-21-16)23(14-8-13(19)10-20-11-14)18(24)25-15-6-4-3-5-7-15/h3-12H,1-2H3,(H,21,22). The van der Waals surface area contributed by atoms with E-state index in [1.165, 1.54) is 17.2 Å². The zero-order valence-electron chi connectivity index (χ0n) is 13.8. The van der Waals surface area contributed by atoms with Crippen LogP contribution in [0.4, 0.5) is 20.7 Å². The summed E-state index contributed by atoms with van der Waals surface area (Å²) in [6.45, 7) is 3.99. The molecule has 2 aromatic heterocycles. The second-order valence-electron chi connectivity index (χ2n) is 5.71. The van der Waals surface area contributed by atoms with Crippen molar-refractivity contribution in [3.8, 4) is 5.75 Å². The molecular weight excluding hydrogens is 323 g/mol. The molecule has 0 unspecified atom stereocenters. The molecule has 0 saturated carbocycles. The Bertz CT molecular complexity index is 864. The Labute approximate surface area is 144 Å². The van der Waals surface area contributed by atoms with E-state index in [1.54, 1.807) is 30.3 Å². The molecule has 3 aromatic rings. The van der Waals surface area contributed by atoms with Gasteiger partial charge in [0.15, 0.2) is 5.82 Å². The lowest BCUT2D eigenvalue weighted by molar-refractivity contribution is 0.210. The van der Waals surface area contributed by atoms with Gasteiger partial charge in [0.25, 0.3) is 0 Å². The third-order valence-electron chi connectivity index (χ3n) is 3.51. The molecule has 1 aromatic carbocycles. The zero-order chi connectivity index (χ0) is 17.8. The highest BCUT2D eigenvalue weighted by molar-refractivity contribution is 5.95. The Morgan fingerprint density at radius 3 is 2.60 bits per heavy atom. The molecule has 2 heterocycles. The van der Waals surface area contributed by atoms with Crippen LogP contribution in [0.15, 0.2) is 54.9 Å². The number of carbonyl (C=O) groups excluding carboxylic acids is 1. The van der Waals surface area contributed by atoms with Gasteiger partial charge in [0.1, 0.15) is 11.6 Å². The third kappa shape index (κ3) is 3.82. The van der Waals surface area contributed by atoms with Gasteiger partial charge in [-0.1, -0.05) is 32.0 Å². The lowest BCUT2D eigenvalue weighted by Gasteiger charge is -2.19. The van der Waals surface area contributed by atoms with Crippen molar-refractivity contribution in [3.05, 3.63) is 66.4 Å². The first-order chi connectivity index (χ1) is 12.0. The predicted octanol–water partition coefficient (Wildman–Crippen LogP) is 4.40. The largest absolute Gasteiger partial charge is 0.425 e. The van der Waals surface area contributed by atoms with Crippen LogP contribution in [-0.2, 0) is 0 Å². The number of carbonyl (C=O) groups is 1. The van der Waals surface area contributed by atoms with Crippen molar-refractivity contribution in [2.45, 2.75) is 19.8 Å². The molecule has 0 atom stereocenters. The quantitative estimate of drug-likeness (QED) is 0.764. The highest BCUT2D eigenvalue weighted by atomic mass is 19.1. The number of hydrogen-bond donors (Lipinski definition) is 1. The van der Waals surface area contributed by atoms with Gasteiger partial charge >= 0.3 is 6.09 Å². The summed E-state index contributed by atoms with van der Waals surface area (Å²) in [6.07, 6.45) is 1.73. The van der Waals surface area contributed by atoms with Gasteiger partial charge in [-0.2, -0.15) is 5.10 Å². The summed E-state index contributed by atoms with van der Waals surface area (Å²) in [5.74, 6) is 0.312. The van der Waals surface area contributed by atoms with Gasteiger partial charge in [-0.25, -0.2) is 14.1 Å². The number of benzene rings is 1. The molecule has 0 aliphatic rings. The molecule has 1 N–H and O–H groups in total. The first-order valence-electron chi connectivity index (χ1n) is 7.77. The monoisotopic (exact) mass is 340 g/mol. The molecular formula is C18H17FN4O2. The van der Waals surface area contributed by atoms with Gasteiger partial charge in [-0.05, 0) is 18.1 Å². The SMILES string of the molecule is CC(C)c1cc(N(C(=O)Oc2ccccc2)c2cncc(F)c2)n[nH]1. The Hall–Kier alpha value is -3.22. The number of aromatic amines is 1. The molecule has 1 amide bonds. The minimum absolute atomic E-state index is 0.193. The third-order valence-corrected chi connectivity index (χ3v) is 3.51. The van der Waals surface area contributed by atoms with Crippen LogP contribution in [0, 0.1) is 5.82 Å². The van der Waals surface area contributed by atoms with Gasteiger partial charge in [-0.3, -0.25) is 10.1 Å². The Morgan fingerprint density at radius 1 is 1.20 bits per heavy atom. The fourth-order valence-corrected chi connectivity index (χ4v) is 2.22. The Morgan fingerprint density at radius 2 is 1.96 bits per heavy atom. The fourth-order valence-electron chi connectivity index (χ4n) is 2.22. The second kappa shape index (κ2) is 7.12. The van der Waals surface area contributed by atoms with Gasteiger partial charge in [0.05, 0.1) is 18.1 Å². The smallest absolute Gasteiger partial charge is 0.410 e. The van der Waals surface area contributed by atoms with Crippen LogP contribution in [0.2, 0.25) is 0 Å². The maximum Gasteiger partial charge on any atom is 0.425 e. The normalized spacial score (nSPS) is 10.7. The van der Waals surface area contributed by atoms with Crippen molar-refractivity contribution in [1.82, 2.24) is 15.2 Å². The van der Waals surface area contributed by atoms with Crippen molar-refractivity contribution in [1.29, 1.82) is 0 Å². The topological polar surface area (TPSA) is 71.1 Å². The minimum Gasteiger partial charge on any atom is -0.410 e. The molecule has 7 heteroatoms. The molecule has 0 aliphatic carbocycles. The lowest BCUT2D eigenvalue weighted by Crippen LogP contribution is -2.29. The number of rotatable bonds is 4. The summed E-state index contributed by atoms with van der Waals surface area (Å²) in [5, 5.41) is 7.03. The average Bonchev–Trinajstić information content (AvgIpc) is 3.06. The number of anilines is 2. The van der Waals surface area contributed by atoms with Gasteiger partial charge < -0.3 is 4.74 Å². The number of pyridine rings is 1. The van der Waals surface area contributed by atoms with E-state index in [2.05, 4.69) is 15.2 Å². The number of para-hydroxylation sites is 1. The molecule has 0 aliphatic heterocycles. The summed E-state index contributed by atoms with van der Waals surface area (Å²) < 4.78 is 19.0. The molecule has 3 rings (SSSR count). The first kappa shape index (κ1) is 16.6. The maximum atomic E-state index is 13.6. The van der Waals surface area contributed by atoms with Crippen LogP contribution >= 0.6 is 0 Å². The van der Waals surface area contributed by atoms with E-state index in [0.717, 1.165) is 11.9 Å². The van der Waals surface area contributed by atoms with Crippen LogP contribution in [0.1, 0.15) is 25.5 Å². The number of H-pyrrole nitrogens is 1. The maximum absolute atomic E-state index is 13.6. The number of nitrogens with zero attached hydrogens (tertiary/aromatic N) is 3. The molecule has 0 saturated heterocycles. The van der Waals surface area contributed by atoms with Crippen LogP contribution < -0.4 is 9.64 Å². The predicted molar refractivity (Wildman–Crippen MR) is 91.5 cm³/mol. The minimum atomic E-state index is -0.708. The van der Waals surface area contributed by atoms with E-state index in [9.17, 15) is 9.18 Å². The van der Waals surface area contributed by atoms with Crippen molar-refractivity contribution < 1.29 is 13.9 Å². The van der Waals surface area contributed by atoms with Gasteiger partial charge in [-0.15, -0.1) is 0 Å². The summed E-state index contributed by atoms with van der Waals surface area (Å²) in [5.41, 5.74) is 1.07. The number of aromatic nitrogens is 3. The van der Waals surface area contributed by atoms with Gasteiger partial charge in [0, 0.05) is 17.8 Å². The van der Waals surface area contributed by atoms with E-state index in [1.807, 2.05) is 19.9 Å². The van der Waals surface area contributed by atoms with Crippen LogP contribution in [0.5, 0.6) is 5.75 Å². The Kier molecular flexibility index (Phi) is 4.74. The fraction of sp³-hybridized carbons (Fsp3) is 0.167. The first-order valence-corrected chi connectivity index (χ1v) is 7.77. The zero-order valence-corrected chi connectivity index (χ0v) is 13.8. The van der Waals surface area contributed by atoms with Gasteiger partial charge in [0.2, 0.25) is 0 Å². The van der Waals surface area contributed by atoms with Crippen LogP contribution in [-0.4, -0.2) is 21.3 Å². The van der Waals surface area contributed by atoms with E-state index >= 15 is 0 Å². The number of hydrogen-bond acceptors (Lipinski definition) is 4. The molecule has 128 valence electrons. The van der Waals surface area contributed by atoms with Crippen LogP contribution in [0.25, 0.3) is 0 Å².